The van der Waals surface area contributed by atoms with Gasteiger partial charge in [0.05, 0.1) is 28.2 Å². The Balaban J connectivity index is 1.93. The summed E-state index contributed by atoms with van der Waals surface area (Å²) < 4.78 is 22.5. The molecule has 0 saturated carbocycles. The van der Waals surface area contributed by atoms with E-state index in [1.54, 1.807) is 43.1 Å². The van der Waals surface area contributed by atoms with Crippen molar-refractivity contribution < 1.29 is 18.0 Å². The quantitative estimate of drug-likeness (QED) is 0.626. The molecule has 2 rings (SSSR count). The molecule has 0 radical (unpaired) electrons. The fourth-order valence-electron chi connectivity index (χ4n) is 2.29. The fraction of sp³-hybridized carbons (Fsp3) is 0.222. The highest BCUT2D eigenvalue weighted by atomic mass is 35.5. The summed E-state index contributed by atoms with van der Waals surface area (Å²) in [5.74, 6) is -0.663. The number of primary sulfonamides is 1. The van der Waals surface area contributed by atoms with Crippen molar-refractivity contribution in [1.82, 2.24) is 4.90 Å². The Kier molecular flexibility index (Phi) is 7.14. The standard InChI is InChI=1S/C18H21ClN4O4S/c1-12(18(25)21-13-7-9-14(10-8-13)28(20,26)27)23(2)11-17(24)22-16-6-4-3-5-15(16)19/h3-10,12H,11H2,1-2H3,(H,21,25)(H,22,24)(H2,20,26,27). The number of hydrogen-bond donors (Lipinski definition) is 3. The predicted molar refractivity (Wildman–Crippen MR) is 109 cm³/mol. The van der Waals surface area contributed by atoms with E-state index < -0.39 is 16.1 Å². The van der Waals surface area contributed by atoms with Crippen LogP contribution in [0, 0.1) is 0 Å². The summed E-state index contributed by atoms with van der Waals surface area (Å²) >= 11 is 6.01. The molecule has 0 fully saturated rings. The van der Waals surface area contributed by atoms with Gasteiger partial charge in [0.2, 0.25) is 21.8 Å². The monoisotopic (exact) mass is 424 g/mol. The molecule has 8 nitrogen and oxygen atoms in total. The molecular formula is C18H21ClN4O4S. The summed E-state index contributed by atoms with van der Waals surface area (Å²) in [4.78, 5) is 26.1. The van der Waals surface area contributed by atoms with E-state index in [0.717, 1.165) is 0 Å². The molecule has 0 aliphatic heterocycles. The molecule has 2 aromatic carbocycles. The van der Waals surface area contributed by atoms with Crippen molar-refractivity contribution in [3.8, 4) is 0 Å². The molecule has 0 spiro atoms. The highest BCUT2D eigenvalue weighted by Gasteiger charge is 2.21. The SMILES string of the molecule is CC(C(=O)Nc1ccc(S(N)(=O)=O)cc1)N(C)CC(=O)Nc1ccccc1Cl. The summed E-state index contributed by atoms with van der Waals surface area (Å²) in [6.07, 6.45) is 0. The van der Waals surface area contributed by atoms with Gasteiger partial charge in [-0.1, -0.05) is 23.7 Å². The van der Waals surface area contributed by atoms with Crippen LogP contribution >= 0.6 is 11.6 Å². The number of nitrogens with one attached hydrogen (secondary N) is 2. The second-order valence-corrected chi connectivity index (χ2v) is 8.15. The summed E-state index contributed by atoms with van der Waals surface area (Å²) in [7, 11) is -2.16. The summed E-state index contributed by atoms with van der Waals surface area (Å²) in [6.45, 7) is 1.63. The van der Waals surface area contributed by atoms with Crippen LogP contribution in [0.3, 0.4) is 0 Å². The third-order valence-corrected chi connectivity index (χ3v) is 5.29. The molecular weight excluding hydrogens is 404 g/mol. The van der Waals surface area contributed by atoms with Crippen LogP contribution in [0.2, 0.25) is 5.02 Å². The van der Waals surface area contributed by atoms with Crippen molar-refractivity contribution in [3.05, 3.63) is 53.6 Å². The minimum Gasteiger partial charge on any atom is -0.325 e. The van der Waals surface area contributed by atoms with Crippen LogP contribution in [-0.4, -0.2) is 44.8 Å². The Morgan fingerprint density at radius 3 is 2.29 bits per heavy atom. The van der Waals surface area contributed by atoms with Crippen LogP contribution in [0.4, 0.5) is 11.4 Å². The van der Waals surface area contributed by atoms with Crippen LogP contribution in [0.1, 0.15) is 6.92 Å². The molecule has 0 heterocycles. The number of sulfonamides is 1. The molecule has 2 aromatic rings. The number of nitrogens with two attached hydrogens (primary N) is 1. The lowest BCUT2D eigenvalue weighted by atomic mass is 10.2. The number of amides is 2. The molecule has 1 atom stereocenters. The highest BCUT2D eigenvalue weighted by Crippen LogP contribution is 2.20. The van der Waals surface area contributed by atoms with Gasteiger partial charge in [-0.15, -0.1) is 0 Å². The van der Waals surface area contributed by atoms with E-state index in [9.17, 15) is 18.0 Å². The zero-order valence-electron chi connectivity index (χ0n) is 15.3. The number of carbonyl (C=O) groups excluding carboxylic acids is 2. The van der Waals surface area contributed by atoms with E-state index in [-0.39, 0.29) is 23.3 Å². The normalized spacial score (nSPS) is 12.5. The van der Waals surface area contributed by atoms with E-state index in [0.29, 0.717) is 16.4 Å². The summed E-state index contributed by atoms with van der Waals surface area (Å²) in [6, 6.07) is 11.7. The maximum atomic E-state index is 12.4. The molecule has 0 saturated heterocycles. The summed E-state index contributed by atoms with van der Waals surface area (Å²) in [5, 5.41) is 10.8. The van der Waals surface area contributed by atoms with Crippen molar-refractivity contribution in [3.63, 3.8) is 0 Å². The van der Waals surface area contributed by atoms with Gasteiger partial charge < -0.3 is 10.6 Å². The molecule has 1 unspecified atom stereocenters. The van der Waals surface area contributed by atoms with Gasteiger partial charge in [-0.25, -0.2) is 13.6 Å². The Hall–Kier alpha value is -2.46. The average Bonchev–Trinajstić information content (AvgIpc) is 2.62. The number of likely N-dealkylation sites (N-methyl/N-ethyl adjacent to an activating group) is 1. The number of para-hydroxylation sites is 1. The molecule has 10 heteroatoms. The third kappa shape index (κ3) is 6.03. The lowest BCUT2D eigenvalue weighted by Gasteiger charge is -2.23. The van der Waals surface area contributed by atoms with Gasteiger partial charge in [0.1, 0.15) is 0 Å². The highest BCUT2D eigenvalue weighted by molar-refractivity contribution is 7.89. The van der Waals surface area contributed by atoms with Crippen molar-refractivity contribution >= 4 is 44.8 Å². The van der Waals surface area contributed by atoms with E-state index in [4.69, 9.17) is 16.7 Å². The Bertz CT molecular complexity index is 964. The van der Waals surface area contributed by atoms with Crippen molar-refractivity contribution in [1.29, 1.82) is 0 Å². The largest absolute Gasteiger partial charge is 0.325 e. The first kappa shape index (κ1) is 21.8. The zero-order chi connectivity index (χ0) is 20.9. The maximum absolute atomic E-state index is 12.4. The number of carbonyl (C=O) groups is 2. The lowest BCUT2D eigenvalue weighted by Crippen LogP contribution is -2.43. The fourth-order valence-corrected chi connectivity index (χ4v) is 2.99. The van der Waals surface area contributed by atoms with Crippen LogP contribution in [0.5, 0.6) is 0 Å². The van der Waals surface area contributed by atoms with Gasteiger partial charge in [0, 0.05) is 5.69 Å². The number of hydrogen-bond acceptors (Lipinski definition) is 5. The van der Waals surface area contributed by atoms with Gasteiger partial charge in [-0.2, -0.15) is 0 Å². The molecule has 150 valence electrons. The van der Waals surface area contributed by atoms with E-state index in [1.807, 2.05) is 0 Å². The van der Waals surface area contributed by atoms with E-state index in [2.05, 4.69) is 10.6 Å². The Morgan fingerprint density at radius 2 is 1.71 bits per heavy atom. The predicted octanol–water partition coefficient (Wildman–Crippen LogP) is 1.88. The zero-order valence-corrected chi connectivity index (χ0v) is 16.9. The van der Waals surface area contributed by atoms with Gasteiger partial charge in [-0.3, -0.25) is 14.5 Å². The van der Waals surface area contributed by atoms with Crippen molar-refractivity contribution in [2.24, 2.45) is 5.14 Å². The smallest absolute Gasteiger partial charge is 0.241 e. The first-order valence-electron chi connectivity index (χ1n) is 8.26. The van der Waals surface area contributed by atoms with Gasteiger partial charge in [0.15, 0.2) is 0 Å². The number of benzene rings is 2. The minimum absolute atomic E-state index is 0.0236. The van der Waals surface area contributed by atoms with Crippen LogP contribution in [-0.2, 0) is 19.6 Å². The Morgan fingerprint density at radius 1 is 1.11 bits per heavy atom. The van der Waals surface area contributed by atoms with Crippen LogP contribution in [0.15, 0.2) is 53.4 Å². The van der Waals surface area contributed by atoms with Crippen molar-refractivity contribution in [2.75, 3.05) is 24.2 Å². The van der Waals surface area contributed by atoms with Gasteiger partial charge in [-0.05, 0) is 50.4 Å². The second kappa shape index (κ2) is 9.16. The molecule has 0 aliphatic carbocycles. The first-order chi connectivity index (χ1) is 13.1. The number of halogens is 1. The molecule has 2 amide bonds. The summed E-state index contributed by atoms with van der Waals surface area (Å²) in [5.41, 5.74) is 0.910. The lowest BCUT2D eigenvalue weighted by molar-refractivity contribution is -0.122. The molecule has 4 N–H and O–H groups in total. The van der Waals surface area contributed by atoms with E-state index in [1.165, 1.54) is 24.3 Å². The minimum atomic E-state index is -3.80. The molecule has 0 aromatic heterocycles. The number of anilines is 2. The average molecular weight is 425 g/mol. The first-order valence-corrected chi connectivity index (χ1v) is 10.2. The number of rotatable bonds is 7. The number of nitrogens with zero attached hydrogens (tertiary/aromatic N) is 1. The maximum Gasteiger partial charge on any atom is 0.241 e. The molecule has 0 bridgehead atoms. The van der Waals surface area contributed by atoms with Crippen molar-refractivity contribution in [2.45, 2.75) is 17.9 Å². The Labute approximate surface area is 168 Å². The second-order valence-electron chi connectivity index (χ2n) is 6.18. The van der Waals surface area contributed by atoms with Gasteiger partial charge in [0.25, 0.3) is 0 Å². The third-order valence-electron chi connectivity index (χ3n) is 4.03. The van der Waals surface area contributed by atoms with Crippen LogP contribution in [0.25, 0.3) is 0 Å². The van der Waals surface area contributed by atoms with E-state index >= 15 is 0 Å². The molecule has 0 aliphatic rings. The van der Waals surface area contributed by atoms with Crippen LogP contribution < -0.4 is 15.8 Å². The molecule has 28 heavy (non-hydrogen) atoms. The topological polar surface area (TPSA) is 122 Å². The van der Waals surface area contributed by atoms with Gasteiger partial charge >= 0.3 is 0 Å².